The molecule has 0 aliphatic carbocycles. The van der Waals surface area contributed by atoms with Crippen LogP contribution in [0.2, 0.25) is 0 Å². The molecule has 0 saturated carbocycles. The van der Waals surface area contributed by atoms with E-state index in [1.807, 2.05) is 13.0 Å². The Hall–Kier alpha value is -3.50. The van der Waals surface area contributed by atoms with Crippen LogP contribution in [0.25, 0.3) is 0 Å². The van der Waals surface area contributed by atoms with Gasteiger partial charge in [0.25, 0.3) is 0 Å². The molecular weight excluding hydrogens is 358 g/mol. The van der Waals surface area contributed by atoms with Crippen molar-refractivity contribution in [3.8, 4) is 6.07 Å². The lowest BCUT2D eigenvalue weighted by Gasteiger charge is -2.11. The summed E-state index contributed by atoms with van der Waals surface area (Å²) in [6.45, 7) is 3.44. The molecule has 0 aliphatic heterocycles. The Morgan fingerprint density at radius 1 is 1.22 bits per heavy atom. The van der Waals surface area contributed by atoms with Gasteiger partial charge in [0.1, 0.15) is 5.49 Å². The summed E-state index contributed by atoms with van der Waals surface area (Å²) >= 11 is 1.40. The van der Waals surface area contributed by atoms with Gasteiger partial charge in [0, 0.05) is 16.1 Å². The minimum absolute atomic E-state index is 0.00565. The maximum absolute atomic E-state index is 11.4. The molecule has 7 heteroatoms. The Labute approximate surface area is 160 Å². The molecular formula is C20H17N5OS. The lowest BCUT2D eigenvalue weighted by atomic mass is 10.1. The average Bonchev–Trinajstić information content (AvgIpc) is 3.00. The highest BCUT2D eigenvalue weighted by atomic mass is 32.1. The van der Waals surface area contributed by atoms with Crippen LogP contribution in [-0.2, 0) is 0 Å². The van der Waals surface area contributed by atoms with E-state index in [0.29, 0.717) is 33.9 Å². The number of benzene rings is 2. The first kappa shape index (κ1) is 18.3. The van der Waals surface area contributed by atoms with Gasteiger partial charge in [-0.3, -0.25) is 10.2 Å². The molecule has 0 amide bonds. The lowest BCUT2D eigenvalue weighted by molar-refractivity contribution is 0.101. The third-order valence-corrected chi connectivity index (χ3v) is 4.70. The molecule has 6 nitrogen and oxygen atoms in total. The van der Waals surface area contributed by atoms with Crippen LogP contribution in [0.4, 0.5) is 11.4 Å². The van der Waals surface area contributed by atoms with E-state index in [4.69, 9.17) is 10.7 Å². The number of Topliss-reactive ketones (excluding diaryl/α,β-unsaturated/α-hetero) is 1. The third kappa shape index (κ3) is 4.37. The van der Waals surface area contributed by atoms with Crippen LogP contribution < -0.4 is 10.8 Å². The van der Waals surface area contributed by atoms with Crippen molar-refractivity contribution in [3.05, 3.63) is 76.1 Å². The number of carbonyl (C=O) groups is 1. The molecule has 0 spiro atoms. The largest absolute Gasteiger partial charge is 0.325 e. The van der Waals surface area contributed by atoms with E-state index in [2.05, 4.69) is 16.4 Å². The zero-order valence-electron chi connectivity index (χ0n) is 14.9. The van der Waals surface area contributed by atoms with Crippen molar-refractivity contribution in [2.45, 2.75) is 13.8 Å². The zero-order chi connectivity index (χ0) is 19.4. The van der Waals surface area contributed by atoms with Crippen LogP contribution in [0.3, 0.4) is 0 Å². The van der Waals surface area contributed by atoms with Crippen molar-refractivity contribution >= 4 is 34.7 Å². The molecule has 0 atom stereocenters. The first-order valence-corrected chi connectivity index (χ1v) is 8.95. The number of nitrogens with zero attached hydrogens (tertiary/aromatic N) is 3. The van der Waals surface area contributed by atoms with Crippen molar-refractivity contribution in [1.82, 2.24) is 3.96 Å². The number of aromatic nitrogens is 1. The maximum Gasteiger partial charge on any atom is 0.223 e. The Kier molecular flexibility index (Phi) is 5.29. The molecule has 0 bridgehead atoms. The normalized spacial score (nSPS) is 11.1. The third-order valence-electron chi connectivity index (χ3n) is 3.74. The number of aryl methyl sites for hydroxylation is 1. The minimum atomic E-state index is -0.00565. The van der Waals surface area contributed by atoms with Gasteiger partial charge in [-0.05, 0) is 62.4 Å². The molecule has 0 fully saturated rings. The van der Waals surface area contributed by atoms with Gasteiger partial charge in [-0.15, -0.1) is 0 Å². The predicted molar refractivity (Wildman–Crippen MR) is 107 cm³/mol. The lowest BCUT2D eigenvalue weighted by Crippen LogP contribution is -2.28. The topological polar surface area (TPSA) is 94.0 Å². The maximum atomic E-state index is 11.4. The van der Waals surface area contributed by atoms with Crippen LogP contribution in [0, 0.1) is 23.7 Å². The number of anilines is 1. The number of hydrogen-bond acceptors (Lipinski definition) is 5. The summed E-state index contributed by atoms with van der Waals surface area (Å²) in [5.74, 6) is 0.442. The summed E-state index contributed by atoms with van der Waals surface area (Å²) in [6, 6.07) is 17.9. The van der Waals surface area contributed by atoms with Crippen molar-refractivity contribution in [2.24, 2.45) is 4.99 Å². The van der Waals surface area contributed by atoms with E-state index >= 15 is 0 Å². The fourth-order valence-electron chi connectivity index (χ4n) is 2.44. The van der Waals surface area contributed by atoms with Gasteiger partial charge in [-0.1, -0.05) is 17.6 Å². The minimum Gasteiger partial charge on any atom is -0.325 e. The van der Waals surface area contributed by atoms with Gasteiger partial charge >= 0.3 is 0 Å². The predicted octanol–water partition coefficient (Wildman–Crippen LogP) is 4.06. The Balaban J connectivity index is 2.04. The molecule has 2 aromatic carbocycles. The summed E-state index contributed by atoms with van der Waals surface area (Å²) in [5, 5.41) is 20.5. The van der Waals surface area contributed by atoms with Crippen LogP contribution in [0.15, 0.2) is 59.6 Å². The zero-order valence-corrected chi connectivity index (χ0v) is 15.7. The van der Waals surface area contributed by atoms with Crippen molar-refractivity contribution in [2.75, 3.05) is 5.32 Å². The second-order valence-electron chi connectivity index (χ2n) is 5.88. The second kappa shape index (κ2) is 7.81. The number of nitriles is 1. The van der Waals surface area contributed by atoms with Crippen molar-refractivity contribution in [3.63, 3.8) is 0 Å². The molecule has 1 aromatic heterocycles. The van der Waals surface area contributed by atoms with E-state index in [9.17, 15) is 4.79 Å². The van der Waals surface area contributed by atoms with E-state index < -0.39 is 0 Å². The first-order chi connectivity index (χ1) is 13.0. The molecule has 0 aliphatic rings. The average molecular weight is 375 g/mol. The number of ketones is 1. The van der Waals surface area contributed by atoms with Crippen LogP contribution in [0.5, 0.6) is 0 Å². The highest BCUT2D eigenvalue weighted by Gasteiger charge is 2.09. The van der Waals surface area contributed by atoms with E-state index in [-0.39, 0.29) is 5.78 Å². The molecule has 0 unspecified atom stereocenters. The van der Waals surface area contributed by atoms with Crippen LogP contribution >= 0.6 is 11.5 Å². The smallest absolute Gasteiger partial charge is 0.223 e. The molecule has 27 heavy (non-hydrogen) atoms. The summed E-state index contributed by atoms with van der Waals surface area (Å²) in [5.41, 5.74) is 2.80. The molecule has 3 rings (SSSR count). The Bertz CT molecular complexity index is 1120. The number of hydrogen-bond donors (Lipinski definition) is 2. The van der Waals surface area contributed by atoms with E-state index in [1.165, 1.54) is 18.5 Å². The fraction of sp³-hybridized carbons (Fsp3) is 0.100. The number of nitrogens with one attached hydrogen (secondary N) is 2. The Morgan fingerprint density at radius 3 is 2.56 bits per heavy atom. The van der Waals surface area contributed by atoms with Gasteiger partial charge in [0.15, 0.2) is 5.78 Å². The monoisotopic (exact) mass is 375 g/mol. The molecule has 134 valence electrons. The van der Waals surface area contributed by atoms with Gasteiger partial charge < -0.3 is 5.32 Å². The SMILES string of the molecule is CC(=O)c1ccc(N=C(Nc2cccc(C#N)c2)n2sc(C)cc2=N)cc1. The van der Waals surface area contributed by atoms with Gasteiger partial charge in [0.2, 0.25) is 5.96 Å². The standard InChI is InChI=1S/C20H17N5OS/c1-13-10-19(22)25(27-13)20(24-18-5-3-4-15(11-18)12-21)23-17-8-6-16(7-9-17)14(2)26/h3-11,22H,1-2H3,(H,23,24). The summed E-state index contributed by atoms with van der Waals surface area (Å²) in [4.78, 5) is 17.0. The second-order valence-corrected chi connectivity index (χ2v) is 7.07. The summed E-state index contributed by atoms with van der Waals surface area (Å²) < 4.78 is 1.67. The van der Waals surface area contributed by atoms with Crippen molar-refractivity contribution < 1.29 is 4.79 Å². The number of carbonyl (C=O) groups excluding carboxylic acids is 1. The highest BCUT2D eigenvalue weighted by molar-refractivity contribution is 7.07. The molecule has 3 aromatic rings. The number of aliphatic imine (C=N–C) groups is 1. The van der Waals surface area contributed by atoms with E-state index in [0.717, 1.165) is 4.88 Å². The quantitative estimate of drug-likeness (QED) is 0.411. The molecule has 1 heterocycles. The molecule has 0 radical (unpaired) electrons. The molecule has 0 saturated heterocycles. The van der Waals surface area contributed by atoms with E-state index in [1.54, 1.807) is 52.5 Å². The van der Waals surface area contributed by atoms with Gasteiger partial charge in [0.05, 0.1) is 17.3 Å². The fourth-order valence-corrected chi connectivity index (χ4v) is 3.22. The number of rotatable bonds is 3. The van der Waals surface area contributed by atoms with Crippen LogP contribution in [-0.4, -0.2) is 15.7 Å². The van der Waals surface area contributed by atoms with Crippen LogP contribution in [0.1, 0.15) is 27.7 Å². The van der Waals surface area contributed by atoms with Gasteiger partial charge in [-0.2, -0.15) is 5.26 Å². The van der Waals surface area contributed by atoms with Crippen molar-refractivity contribution in [1.29, 1.82) is 10.7 Å². The first-order valence-electron chi connectivity index (χ1n) is 8.18. The molecule has 2 N–H and O–H groups in total. The summed E-state index contributed by atoms with van der Waals surface area (Å²) in [7, 11) is 0. The summed E-state index contributed by atoms with van der Waals surface area (Å²) in [6.07, 6.45) is 0. The highest BCUT2D eigenvalue weighted by Crippen LogP contribution is 2.17. The van der Waals surface area contributed by atoms with Gasteiger partial charge in [-0.25, -0.2) is 8.95 Å². The Morgan fingerprint density at radius 2 is 1.96 bits per heavy atom.